The Morgan fingerprint density at radius 2 is 2.00 bits per heavy atom. The number of rotatable bonds is 5. The molecule has 6 nitrogen and oxygen atoms in total. The number of carbonyl (C=O) groups is 2. The van der Waals surface area contributed by atoms with E-state index < -0.39 is 18.0 Å². The van der Waals surface area contributed by atoms with Gasteiger partial charge in [0.25, 0.3) is 0 Å². The van der Waals surface area contributed by atoms with Crippen molar-refractivity contribution in [1.82, 2.24) is 10.3 Å². The second kappa shape index (κ2) is 6.88. The smallest absolute Gasteiger partial charge is 0.326 e. The molecule has 1 aromatic rings. The predicted octanol–water partition coefficient (Wildman–Crippen LogP) is 2.32. The highest BCUT2D eigenvalue weighted by Gasteiger charge is 2.25. The van der Waals surface area contributed by atoms with Crippen molar-refractivity contribution in [3.05, 3.63) is 23.5 Å². The van der Waals surface area contributed by atoms with E-state index in [1.807, 2.05) is 13.8 Å². The third-order valence-electron chi connectivity index (χ3n) is 3.24. The molecule has 0 radical (unpaired) electrons. The van der Waals surface area contributed by atoms with E-state index in [9.17, 15) is 9.59 Å². The first-order chi connectivity index (χ1) is 9.35. The number of anilines is 1. The van der Waals surface area contributed by atoms with Crippen LogP contribution >= 0.6 is 0 Å². The Morgan fingerprint density at radius 1 is 1.35 bits per heavy atom. The van der Waals surface area contributed by atoms with Crippen LogP contribution in [-0.4, -0.2) is 28.1 Å². The van der Waals surface area contributed by atoms with Gasteiger partial charge >= 0.3 is 12.0 Å². The number of amides is 2. The number of aliphatic carboxylic acids is 1. The highest BCUT2D eigenvalue weighted by atomic mass is 16.4. The number of nitrogens with zero attached hydrogens (tertiary/aromatic N) is 1. The molecule has 1 aromatic heterocycles. The van der Waals surface area contributed by atoms with Crippen LogP contribution in [-0.2, 0) is 4.79 Å². The first-order valence-corrected chi connectivity index (χ1v) is 6.59. The summed E-state index contributed by atoms with van der Waals surface area (Å²) in [5.74, 6) is -1.18. The summed E-state index contributed by atoms with van der Waals surface area (Å²) >= 11 is 0. The number of carboxylic acids is 1. The van der Waals surface area contributed by atoms with Gasteiger partial charge in [0, 0.05) is 5.69 Å². The summed E-state index contributed by atoms with van der Waals surface area (Å²) in [6.45, 7) is 7.32. The van der Waals surface area contributed by atoms with Gasteiger partial charge in [0.15, 0.2) is 0 Å². The summed E-state index contributed by atoms with van der Waals surface area (Å²) < 4.78 is 0. The zero-order valence-corrected chi connectivity index (χ0v) is 12.2. The average molecular weight is 279 g/mol. The summed E-state index contributed by atoms with van der Waals surface area (Å²) in [5.41, 5.74) is 2.12. The molecule has 0 aliphatic carbocycles. The Kier molecular flexibility index (Phi) is 5.49. The normalized spacial score (nSPS) is 13.4. The van der Waals surface area contributed by atoms with Crippen LogP contribution in [0.5, 0.6) is 0 Å². The van der Waals surface area contributed by atoms with Crippen molar-refractivity contribution in [2.24, 2.45) is 5.92 Å². The average Bonchev–Trinajstić information content (AvgIpc) is 2.38. The van der Waals surface area contributed by atoms with Crippen molar-refractivity contribution in [2.75, 3.05) is 5.32 Å². The molecule has 1 rings (SSSR count). The Morgan fingerprint density at radius 3 is 2.50 bits per heavy atom. The van der Waals surface area contributed by atoms with Crippen molar-refractivity contribution in [2.45, 2.75) is 40.2 Å². The van der Waals surface area contributed by atoms with E-state index >= 15 is 0 Å². The van der Waals surface area contributed by atoms with Crippen LogP contribution in [0.1, 0.15) is 31.7 Å². The fourth-order valence-corrected chi connectivity index (χ4v) is 1.80. The number of pyridine rings is 1. The van der Waals surface area contributed by atoms with E-state index in [2.05, 4.69) is 15.6 Å². The zero-order valence-electron chi connectivity index (χ0n) is 12.2. The van der Waals surface area contributed by atoms with Crippen LogP contribution in [0.25, 0.3) is 0 Å². The molecule has 0 fully saturated rings. The third kappa shape index (κ3) is 4.22. The molecule has 20 heavy (non-hydrogen) atoms. The summed E-state index contributed by atoms with van der Waals surface area (Å²) in [7, 11) is 0. The van der Waals surface area contributed by atoms with Gasteiger partial charge in [-0.1, -0.05) is 20.3 Å². The standard InChI is InChI=1S/C14H21N3O3/c1-5-8(2)12(13(18)19)17-14(20)16-11-7-6-9(3)15-10(11)4/h6-8,12H,5H2,1-4H3,(H,18,19)(H2,16,17,20)/t8?,12-/m0/s1. The first kappa shape index (κ1) is 15.9. The van der Waals surface area contributed by atoms with Gasteiger partial charge in [-0.2, -0.15) is 0 Å². The van der Waals surface area contributed by atoms with Gasteiger partial charge < -0.3 is 15.7 Å². The second-order valence-electron chi connectivity index (χ2n) is 4.89. The van der Waals surface area contributed by atoms with Gasteiger partial charge in [-0.05, 0) is 31.9 Å². The van der Waals surface area contributed by atoms with Crippen molar-refractivity contribution < 1.29 is 14.7 Å². The molecule has 0 aromatic carbocycles. The zero-order chi connectivity index (χ0) is 15.3. The molecular formula is C14H21N3O3. The molecule has 0 aliphatic rings. The van der Waals surface area contributed by atoms with E-state index in [1.165, 1.54) is 0 Å². The topological polar surface area (TPSA) is 91.3 Å². The Bertz CT molecular complexity index is 502. The van der Waals surface area contributed by atoms with Crippen LogP contribution in [0.2, 0.25) is 0 Å². The molecule has 1 unspecified atom stereocenters. The number of carbonyl (C=O) groups excluding carboxylic acids is 1. The minimum Gasteiger partial charge on any atom is -0.480 e. The van der Waals surface area contributed by atoms with Crippen LogP contribution in [0.3, 0.4) is 0 Å². The molecule has 3 N–H and O–H groups in total. The second-order valence-corrected chi connectivity index (χ2v) is 4.89. The number of hydrogen-bond acceptors (Lipinski definition) is 3. The van der Waals surface area contributed by atoms with Gasteiger partial charge in [-0.3, -0.25) is 4.98 Å². The molecule has 2 atom stereocenters. The van der Waals surface area contributed by atoms with E-state index in [1.54, 1.807) is 26.0 Å². The highest BCUT2D eigenvalue weighted by molar-refractivity contribution is 5.92. The quantitative estimate of drug-likeness (QED) is 0.771. The number of urea groups is 1. The van der Waals surface area contributed by atoms with Gasteiger partial charge in [0.1, 0.15) is 6.04 Å². The maximum Gasteiger partial charge on any atom is 0.326 e. The number of aromatic nitrogens is 1. The number of aryl methyl sites for hydroxylation is 2. The molecule has 6 heteroatoms. The Balaban J connectivity index is 2.73. The van der Waals surface area contributed by atoms with Crippen molar-refractivity contribution in [3.8, 4) is 0 Å². The molecule has 110 valence electrons. The number of nitrogens with one attached hydrogen (secondary N) is 2. The molecular weight excluding hydrogens is 258 g/mol. The largest absolute Gasteiger partial charge is 0.480 e. The Labute approximate surface area is 118 Å². The van der Waals surface area contributed by atoms with Gasteiger partial charge in [-0.15, -0.1) is 0 Å². The molecule has 0 spiro atoms. The van der Waals surface area contributed by atoms with E-state index in [0.717, 1.165) is 5.69 Å². The first-order valence-electron chi connectivity index (χ1n) is 6.59. The molecule has 0 saturated heterocycles. The fraction of sp³-hybridized carbons (Fsp3) is 0.500. The molecule has 1 heterocycles. The lowest BCUT2D eigenvalue weighted by atomic mass is 9.99. The van der Waals surface area contributed by atoms with Crippen LogP contribution in [0.15, 0.2) is 12.1 Å². The molecule has 2 amide bonds. The summed E-state index contributed by atoms with van der Waals surface area (Å²) in [6, 6.07) is 2.09. The fourth-order valence-electron chi connectivity index (χ4n) is 1.80. The van der Waals surface area contributed by atoms with Gasteiger partial charge in [0.05, 0.1) is 11.4 Å². The molecule has 0 saturated carbocycles. The monoisotopic (exact) mass is 279 g/mol. The third-order valence-corrected chi connectivity index (χ3v) is 3.24. The maximum absolute atomic E-state index is 11.9. The van der Waals surface area contributed by atoms with Gasteiger partial charge in [0.2, 0.25) is 0 Å². The molecule has 0 bridgehead atoms. The molecule has 0 aliphatic heterocycles. The lowest BCUT2D eigenvalue weighted by molar-refractivity contribution is -0.140. The number of carboxylic acid groups (broad SMARTS) is 1. The van der Waals surface area contributed by atoms with Crippen molar-refractivity contribution >= 4 is 17.7 Å². The Hall–Kier alpha value is -2.11. The number of hydrogen-bond donors (Lipinski definition) is 3. The predicted molar refractivity (Wildman–Crippen MR) is 76.7 cm³/mol. The minimum atomic E-state index is -1.03. The van der Waals surface area contributed by atoms with Crippen LogP contribution in [0.4, 0.5) is 10.5 Å². The SMILES string of the molecule is CCC(C)[C@H](NC(=O)Nc1ccc(C)nc1C)C(=O)O. The lowest BCUT2D eigenvalue weighted by Crippen LogP contribution is -2.46. The summed E-state index contributed by atoms with van der Waals surface area (Å²) in [6.07, 6.45) is 0.669. The summed E-state index contributed by atoms with van der Waals surface area (Å²) in [5, 5.41) is 14.2. The lowest BCUT2D eigenvalue weighted by Gasteiger charge is -2.20. The van der Waals surface area contributed by atoms with Crippen molar-refractivity contribution in [1.29, 1.82) is 0 Å². The van der Waals surface area contributed by atoms with Crippen LogP contribution in [0, 0.1) is 19.8 Å². The van der Waals surface area contributed by atoms with E-state index in [0.29, 0.717) is 17.8 Å². The summed E-state index contributed by atoms with van der Waals surface area (Å²) in [4.78, 5) is 27.2. The highest BCUT2D eigenvalue weighted by Crippen LogP contribution is 2.13. The van der Waals surface area contributed by atoms with E-state index in [-0.39, 0.29) is 5.92 Å². The maximum atomic E-state index is 11.9. The van der Waals surface area contributed by atoms with Gasteiger partial charge in [-0.25, -0.2) is 9.59 Å². The van der Waals surface area contributed by atoms with E-state index in [4.69, 9.17) is 5.11 Å². The van der Waals surface area contributed by atoms with Crippen molar-refractivity contribution in [3.63, 3.8) is 0 Å². The van der Waals surface area contributed by atoms with Crippen LogP contribution < -0.4 is 10.6 Å². The minimum absolute atomic E-state index is 0.143.